The van der Waals surface area contributed by atoms with Crippen molar-refractivity contribution in [2.24, 2.45) is 0 Å². The Hall–Kier alpha value is -2.74. The van der Waals surface area contributed by atoms with Crippen molar-refractivity contribution < 1.29 is 18.1 Å². The first kappa shape index (κ1) is 21.0. The lowest BCUT2D eigenvalue weighted by Crippen LogP contribution is -2.40. The molecule has 0 saturated carbocycles. The van der Waals surface area contributed by atoms with Crippen LogP contribution in [0.4, 0.5) is 5.69 Å². The van der Waals surface area contributed by atoms with Gasteiger partial charge in [-0.15, -0.1) is 0 Å². The number of nitro groups is 1. The molecule has 29 heavy (non-hydrogen) atoms. The number of carbonyl (C=O) groups excluding carboxylic acids is 1. The third kappa shape index (κ3) is 5.00. The minimum Gasteiger partial charge on any atom is -0.330 e. The van der Waals surface area contributed by atoms with E-state index >= 15 is 0 Å². The van der Waals surface area contributed by atoms with Gasteiger partial charge in [0.15, 0.2) is 9.84 Å². The minimum atomic E-state index is -3.17. The molecule has 1 saturated heterocycles. The Bertz CT molecular complexity index is 998. The fourth-order valence-corrected chi connectivity index (χ4v) is 5.21. The van der Waals surface area contributed by atoms with Gasteiger partial charge in [0.2, 0.25) is 0 Å². The summed E-state index contributed by atoms with van der Waals surface area (Å²) < 4.78 is 24.0. The molecule has 7 nitrogen and oxygen atoms in total. The molecule has 0 radical (unpaired) electrons. The molecule has 0 bridgehead atoms. The Morgan fingerprint density at radius 1 is 1.14 bits per heavy atom. The predicted molar refractivity (Wildman–Crippen MR) is 111 cm³/mol. The van der Waals surface area contributed by atoms with Gasteiger partial charge in [-0.25, -0.2) is 8.42 Å². The zero-order chi connectivity index (χ0) is 21.2. The van der Waals surface area contributed by atoms with Gasteiger partial charge in [0.25, 0.3) is 11.6 Å². The Morgan fingerprint density at radius 2 is 1.76 bits per heavy atom. The maximum absolute atomic E-state index is 13.2. The Balaban J connectivity index is 1.88. The molecule has 2 aromatic rings. The van der Waals surface area contributed by atoms with E-state index < -0.39 is 20.8 Å². The average molecular weight is 416 g/mol. The van der Waals surface area contributed by atoms with E-state index in [1.54, 1.807) is 4.90 Å². The quantitative estimate of drug-likeness (QED) is 0.530. The molecular formula is C21H24N2O5S. The maximum Gasteiger partial charge on any atom is 0.269 e. The number of hydrogen-bond acceptors (Lipinski definition) is 5. The van der Waals surface area contributed by atoms with E-state index in [1.807, 2.05) is 24.3 Å². The van der Waals surface area contributed by atoms with Crippen molar-refractivity contribution in [1.82, 2.24) is 4.90 Å². The smallest absolute Gasteiger partial charge is 0.269 e. The van der Waals surface area contributed by atoms with Crippen LogP contribution < -0.4 is 0 Å². The van der Waals surface area contributed by atoms with Crippen molar-refractivity contribution in [3.8, 4) is 0 Å². The third-order valence-electron chi connectivity index (χ3n) is 5.23. The van der Waals surface area contributed by atoms with E-state index in [4.69, 9.17) is 0 Å². The maximum atomic E-state index is 13.2. The lowest BCUT2D eigenvalue weighted by molar-refractivity contribution is -0.384. The first-order valence-corrected chi connectivity index (χ1v) is 11.3. The summed E-state index contributed by atoms with van der Waals surface area (Å²) >= 11 is 0. The lowest BCUT2D eigenvalue weighted by Gasteiger charge is -2.28. The van der Waals surface area contributed by atoms with Gasteiger partial charge < -0.3 is 4.90 Å². The van der Waals surface area contributed by atoms with Crippen LogP contribution in [0, 0.1) is 10.1 Å². The van der Waals surface area contributed by atoms with Crippen LogP contribution in [0.5, 0.6) is 0 Å². The Labute approximate surface area is 170 Å². The summed E-state index contributed by atoms with van der Waals surface area (Å²) in [5, 5.41) is 10.9. The van der Waals surface area contributed by atoms with E-state index in [0.717, 1.165) is 5.56 Å². The molecule has 1 aliphatic rings. The van der Waals surface area contributed by atoms with Crippen LogP contribution in [-0.2, 0) is 16.4 Å². The van der Waals surface area contributed by atoms with Crippen LogP contribution in [0.3, 0.4) is 0 Å². The normalized spacial score (nSPS) is 18.0. The molecule has 2 aromatic carbocycles. The van der Waals surface area contributed by atoms with Crippen molar-refractivity contribution in [2.45, 2.75) is 38.8 Å². The number of rotatable bonds is 6. The average Bonchev–Trinajstić information content (AvgIpc) is 3.05. The van der Waals surface area contributed by atoms with Gasteiger partial charge in [-0.3, -0.25) is 14.9 Å². The molecule has 3 rings (SSSR count). The molecule has 1 aliphatic heterocycles. The summed E-state index contributed by atoms with van der Waals surface area (Å²) in [7, 11) is -3.17. The Morgan fingerprint density at radius 3 is 2.24 bits per heavy atom. The number of amides is 1. The standard InChI is InChI=1S/C21H24N2O5S/c1-15(2)17-5-3-16(4-6-17)13-22(20-11-12-29(27,28)14-20)21(24)18-7-9-19(10-8-18)23(25)26/h3-10,15,20H,11-14H2,1-2H3/t20-/m0/s1. The van der Waals surface area contributed by atoms with E-state index in [-0.39, 0.29) is 29.6 Å². The predicted octanol–water partition coefficient (Wildman–Crippen LogP) is 3.55. The summed E-state index contributed by atoms with van der Waals surface area (Å²) in [5.41, 5.74) is 2.30. The van der Waals surface area contributed by atoms with Crippen molar-refractivity contribution in [1.29, 1.82) is 0 Å². The van der Waals surface area contributed by atoms with Crippen LogP contribution in [0.2, 0.25) is 0 Å². The zero-order valence-corrected chi connectivity index (χ0v) is 17.3. The second-order valence-electron chi connectivity index (χ2n) is 7.69. The molecule has 0 aliphatic carbocycles. The second-order valence-corrected chi connectivity index (χ2v) is 9.92. The zero-order valence-electron chi connectivity index (χ0n) is 16.4. The van der Waals surface area contributed by atoms with E-state index in [9.17, 15) is 23.3 Å². The monoisotopic (exact) mass is 416 g/mol. The largest absolute Gasteiger partial charge is 0.330 e. The molecule has 1 fully saturated rings. The number of nitrogens with zero attached hydrogens (tertiary/aromatic N) is 2. The molecule has 0 spiro atoms. The fraction of sp³-hybridized carbons (Fsp3) is 0.381. The number of sulfone groups is 1. The van der Waals surface area contributed by atoms with Crippen LogP contribution in [0.1, 0.15) is 47.7 Å². The molecule has 1 heterocycles. The number of hydrogen-bond donors (Lipinski definition) is 0. The Kier molecular flexibility index (Phi) is 6.02. The van der Waals surface area contributed by atoms with Crippen LogP contribution >= 0.6 is 0 Å². The SMILES string of the molecule is CC(C)c1ccc(CN(C(=O)c2ccc([N+](=O)[O-])cc2)[C@H]2CCS(=O)(=O)C2)cc1. The van der Waals surface area contributed by atoms with E-state index in [1.165, 1.54) is 29.8 Å². The summed E-state index contributed by atoms with van der Waals surface area (Å²) in [4.78, 5) is 25.1. The molecule has 1 amide bonds. The van der Waals surface area contributed by atoms with Gasteiger partial charge in [0.1, 0.15) is 0 Å². The number of nitro benzene ring substituents is 1. The van der Waals surface area contributed by atoms with Gasteiger partial charge >= 0.3 is 0 Å². The van der Waals surface area contributed by atoms with Crippen molar-refractivity contribution in [3.63, 3.8) is 0 Å². The molecule has 154 valence electrons. The molecule has 0 unspecified atom stereocenters. The number of non-ortho nitro benzene ring substituents is 1. The van der Waals surface area contributed by atoms with Crippen molar-refractivity contribution in [2.75, 3.05) is 11.5 Å². The summed E-state index contributed by atoms with van der Waals surface area (Å²) in [5.74, 6) is 0.0702. The molecule has 1 atom stereocenters. The molecule has 0 aromatic heterocycles. The number of carbonyl (C=O) groups is 1. The van der Waals surface area contributed by atoms with E-state index in [2.05, 4.69) is 13.8 Å². The summed E-state index contributed by atoms with van der Waals surface area (Å²) in [6, 6.07) is 12.9. The highest BCUT2D eigenvalue weighted by atomic mass is 32.2. The first-order valence-electron chi connectivity index (χ1n) is 9.51. The highest BCUT2D eigenvalue weighted by molar-refractivity contribution is 7.91. The first-order chi connectivity index (χ1) is 13.7. The highest BCUT2D eigenvalue weighted by Crippen LogP contribution is 2.24. The fourth-order valence-electron chi connectivity index (χ4n) is 3.48. The van der Waals surface area contributed by atoms with Gasteiger partial charge in [-0.1, -0.05) is 38.1 Å². The topological polar surface area (TPSA) is 97.6 Å². The third-order valence-corrected chi connectivity index (χ3v) is 6.98. The summed E-state index contributed by atoms with van der Waals surface area (Å²) in [6.07, 6.45) is 0.394. The van der Waals surface area contributed by atoms with Gasteiger partial charge in [0.05, 0.1) is 16.4 Å². The van der Waals surface area contributed by atoms with Crippen LogP contribution in [0.25, 0.3) is 0 Å². The van der Waals surface area contributed by atoms with Crippen LogP contribution in [-0.4, -0.2) is 41.7 Å². The van der Waals surface area contributed by atoms with Gasteiger partial charge in [0, 0.05) is 30.3 Å². The number of benzene rings is 2. The van der Waals surface area contributed by atoms with Gasteiger partial charge in [-0.05, 0) is 35.6 Å². The molecule has 0 N–H and O–H groups in total. The lowest BCUT2D eigenvalue weighted by atomic mass is 10.0. The minimum absolute atomic E-state index is 0.0597. The van der Waals surface area contributed by atoms with Gasteiger partial charge in [-0.2, -0.15) is 0 Å². The molecule has 8 heteroatoms. The highest BCUT2D eigenvalue weighted by Gasteiger charge is 2.35. The molecular weight excluding hydrogens is 392 g/mol. The van der Waals surface area contributed by atoms with Crippen molar-refractivity contribution in [3.05, 3.63) is 75.3 Å². The van der Waals surface area contributed by atoms with Crippen LogP contribution in [0.15, 0.2) is 48.5 Å². The van der Waals surface area contributed by atoms with Crippen molar-refractivity contribution >= 4 is 21.4 Å². The summed E-state index contributed by atoms with van der Waals surface area (Å²) in [6.45, 7) is 4.49. The van der Waals surface area contributed by atoms with E-state index in [0.29, 0.717) is 17.9 Å². The second kappa shape index (κ2) is 8.32.